The van der Waals surface area contributed by atoms with Crippen molar-refractivity contribution < 1.29 is 28.6 Å². The molecule has 0 saturated heterocycles. The van der Waals surface area contributed by atoms with Crippen LogP contribution < -0.4 is 0 Å². The van der Waals surface area contributed by atoms with E-state index in [-0.39, 0.29) is 31.1 Å². The minimum Gasteiger partial charge on any atom is -0.462 e. The Labute approximate surface area is 502 Å². The molecule has 0 N–H and O–H groups in total. The third-order valence-electron chi connectivity index (χ3n) is 15.0. The summed E-state index contributed by atoms with van der Waals surface area (Å²) in [6.07, 6.45) is 92.8. The molecule has 0 radical (unpaired) electrons. The predicted octanol–water partition coefficient (Wildman–Crippen LogP) is 24.0. The van der Waals surface area contributed by atoms with Crippen molar-refractivity contribution in [2.24, 2.45) is 0 Å². The van der Waals surface area contributed by atoms with Crippen LogP contribution in [0.4, 0.5) is 0 Å². The van der Waals surface area contributed by atoms with Crippen molar-refractivity contribution in [1.82, 2.24) is 0 Å². The molecule has 1 atom stereocenters. The first-order valence-electron chi connectivity index (χ1n) is 34.7. The lowest BCUT2D eigenvalue weighted by Crippen LogP contribution is -2.30. The summed E-state index contributed by atoms with van der Waals surface area (Å²) < 4.78 is 17.0. The van der Waals surface area contributed by atoms with Gasteiger partial charge in [-0.3, -0.25) is 14.4 Å². The Kier molecular flexibility index (Phi) is 65.7. The summed E-state index contributed by atoms with van der Waals surface area (Å²) in [6.45, 7) is 6.52. The summed E-state index contributed by atoms with van der Waals surface area (Å²) in [5, 5.41) is 0. The number of esters is 3. The van der Waals surface area contributed by atoms with E-state index in [4.69, 9.17) is 14.2 Å². The van der Waals surface area contributed by atoms with Crippen LogP contribution >= 0.6 is 0 Å². The SMILES string of the molecule is CC/C=C\C/C=C\C/C=C\CCCCCCCC(=O)OCC(COC(=O)CCCCCCCCCCCCCCC/C=C\C/C=C\CCCCCCC)OC(=O)CCCCCCCCCC/C=C\C/C=C\C/C=C\CCCCCCC. The highest BCUT2D eigenvalue weighted by Crippen LogP contribution is 2.17. The van der Waals surface area contributed by atoms with Crippen LogP contribution in [0.2, 0.25) is 0 Å². The molecule has 1 unspecified atom stereocenters. The van der Waals surface area contributed by atoms with E-state index < -0.39 is 6.10 Å². The van der Waals surface area contributed by atoms with Gasteiger partial charge in [0.15, 0.2) is 6.10 Å². The van der Waals surface area contributed by atoms with Crippen molar-refractivity contribution in [1.29, 1.82) is 0 Å². The average Bonchev–Trinajstić information content (AvgIpc) is 3.47. The van der Waals surface area contributed by atoms with Crippen LogP contribution in [-0.4, -0.2) is 37.2 Å². The fraction of sp³-hybridized carbons (Fsp3) is 0.747. The van der Waals surface area contributed by atoms with Gasteiger partial charge in [0.25, 0.3) is 0 Å². The summed E-state index contributed by atoms with van der Waals surface area (Å²) in [7, 11) is 0. The molecule has 0 rings (SSSR count). The van der Waals surface area contributed by atoms with Gasteiger partial charge in [-0.1, -0.05) is 298 Å². The second kappa shape index (κ2) is 68.8. The second-order valence-corrected chi connectivity index (χ2v) is 23.1. The molecule has 6 heteroatoms. The highest BCUT2D eigenvalue weighted by atomic mass is 16.6. The van der Waals surface area contributed by atoms with Gasteiger partial charge in [0, 0.05) is 19.3 Å². The number of carbonyl (C=O) groups is 3. The van der Waals surface area contributed by atoms with E-state index in [0.717, 1.165) is 122 Å². The maximum absolute atomic E-state index is 13.0. The van der Waals surface area contributed by atoms with Gasteiger partial charge in [-0.25, -0.2) is 0 Å². The van der Waals surface area contributed by atoms with Crippen molar-refractivity contribution in [3.63, 3.8) is 0 Å². The number of hydrogen-bond donors (Lipinski definition) is 0. The molecule has 0 aliphatic heterocycles. The Morgan fingerprint density at radius 1 is 0.259 bits per heavy atom. The minimum absolute atomic E-state index is 0.0856. The van der Waals surface area contributed by atoms with Gasteiger partial charge >= 0.3 is 17.9 Å². The van der Waals surface area contributed by atoms with E-state index in [0.29, 0.717) is 19.3 Å². The van der Waals surface area contributed by atoms with E-state index in [9.17, 15) is 14.4 Å². The van der Waals surface area contributed by atoms with Crippen LogP contribution in [0.5, 0.6) is 0 Å². The fourth-order valence-electron chi connectivity index (χ4n) is 9.85. The Hall–Kier alpha value is -3.67. The van der Waals surface area contributed by atoms with Crippen molar-refractivity contribution in [3.05, 3.63) is 97.2 Å². The lowest BCUT2D eigenvalue weighted by Gasteiger charge is -2.18. The maximum atomic E-state index is 13.0. The molecule has 0 aromatic heterocycles. The van der Waals surface area contributed by atoms with E-state index in [1.165, 1.54) is 180 Å². The summed E-state index contributed by atoms with van der Waals surface area (Å²) in [5.41, 5.74) is 0. The summed E-state index contributed by atoms with van der Waals surface area (Å²) >= 11 is 0. The van der Waals surface area contributed by atoms with Gasteiger partial charge in [0.1, 0.15) is 13.2 Å². The largest absolute Gasteiger partial charge is 0.462 e. The van der Waals surface area contributed by atoms with E-state index in [1.54, 1.807) is 0 Å². The monoisotopic (exact) mass is 1130 g/mol. The van der Waals surface area contributed by atoms with Gasteiger partial charge in [0.2, 0.25) is 0 Å². The van der Waals surface area contributed by atoms with Gasteiger partial charge in [-0.15, -0.1) is 0 Å². The number of unbranched alkanes of at least 4 members (excludes halogenated alkanes) is 36. The first kappa shape index (κ1) is 77.3. The van der Waals surface area contributed by atoms with Crippen LogP contribution in [0, 0.1) is 0 Å². The molecule has 0 bridgehead atoms. The molecule has 0 aliphatic rings. The molecule has 81 heavy (non-hydrogen) atoms. The number of carbonyl (C=O) groups excluding carboxylic acids is 3. The van der Waals surface area contributed by atoms with Gasteiger partial charge in [-0.05, 0) is 122 Å². The minimum atomic E-state index is -0.792. The molecule has 0 amide bonds. The maximum Gasteiger partial charge on any atom is 0.306 e. The Morgan fingerprint density at radius 3 is 0.753 bits per heavy atom. The molecule has 0 heterocycles. The zero-order valence-electron chi connectivity index (χ0n) is 53.5. The third-order valence-corrected chi connectivity index (χ3v) is 15.0. The third kappa shape index (κ3) is 67.0. The topological polar surface area (TPSA) is 78.9 Å². The first-order chi connectivity index (χ1) is 40.0. The van der Waals surface area contributed by atoms with Gasteiger partial charge < -0.3 is 14.2 Å². The quantitative estimate of drug-likeness (QED) is 0.0261. The molecular formula is C75H130O6. The Morgan fingerprint density at radius 2 is 0.481 bits per heavy atom. The van der Waals surface area contributed by atoms with Crippen molar-refractivity contribution >= 4 is 17.9 Å². The van der Waals surface area contributed by atoms with Crippen LogP contribution in [0.1, 0.15) is 342 Å². The highest BCUT2D eigenvalue weighted by Gasteiger charge is 2.19. The van der Waals surface area contributed by atoms with Crippen LogP contribution in [-0.2, 0) is 28.6 Å². The molecular weight excluding hydrogens is 997 g/mol. The van der Waals surface area contributed by atoms with Crippen LogP contribution in [0.15, 0.2) is 97.2 Å². The number of allylic oxidation sites excluding steroid dienone is 16. The molecule has 466 valence electrons. The molecule has 6 nitrogen and oxygen atoms in total. The van der Waals surface area contributed by atoms with E-state index in [1.807, 2.05) is 0 Å². The van der Waals surface area contributed by atoms with Crippen molar-refractivity contribution in [2.45, 2.75) is 348 Å². The van der Waals surface area contributed by atoms with E-state index in [2.05, 4.69) is 118 Å². The molecule has 0 aromatic rings. The zero-order valence-corrected chi connectivity index (χ0v) is 53.5. The highest BCUT2D eigenvalue weighted by molar-refractivity contribution is 5.71. The van der Waals surface area contributed by atoms with Crippen molar-refractivity contribution in [2.75, 3.05) is 13.2 Å². The van der Waals surface area contributed by atoms with Gasteiger partial charge in [0.05, 0.1) is 0 Å². The number of rotatable bonds is 63. The number of hydrogen-bond acceptors (Lipinski definition) is 6. The normalized spacial score (nSPS) is 12.7. The predicted molar refractivity (Wildman–Crippen MR) is 353 cm³/mol. The van der Waals surface area contributed by atoms with Crippen LogP contribution in [0.3, 0.4) is 0 Å². The average molecular weight is 1130 g/mol. The Bertz CT molecular complexity index is 1580. The standard InChI is InChI=1S/C75H130O6/c1-4-7-10-13-16-19-22-25-28-30-32-34-36-37-39-40-42-44-47-50-53-56-59-62-65-68-74(77)80-71-72(70-79-73(76)67-64-61-58-55-52-49-46-27-24-21-18-15-12-9-6-3)81-75(78)69-66-63-60-57-54-51-48-45-43-41-38-35-33-31-29-26-23-20-17-14-11-8-5-2/h9,12,18,21-23,25-27,30-33,38,41,46,72H,4-8,10-11,13-17,19-20,24,28-29,34-37,39-40,42-45,47-71H2,1-3H3/b12-9-,21-18-,25-22-,26-23-,32-30-,33-31-,41-38-,46-27-. The molecule has 0 aliphatic carbocycles. The van der Waals surface area contributed by atoms with E-state index >= 15 is 0 Å². The smallest absolute Gasteiger partial charge is 0.306 e. The van der Waals surface area contributed by atoms with Crippen molar-refractivity contribution in [3.8, 4) is 0 Å². The molecule has 0 fully saturated rings. The number of ether oxygens (including phenoxy) is 3. The summed E-state index contributed by atoms with van der Waals surface area (Å²) in [5.74, 6) is -0.898. The molecule has 0 aromatic carbocycles. The summed E-state index contributed by atoms with van der Waals surface area (Å²) in [4.78, 5) is 38.4. The van der Waals surface area contributed by atoms with Crippen LogP contribution in [0.25, 0.3) is 0 Å². The summed E-state index contributed by atoms with van der Waals surface area (Å²) in [6, 6.07) is 0. The lowest BCUT2D eigenvalue weighted by atomic mass is 10.0. The molecule has 0 saturated carbocycles. The fourth-order valence-corrected chi connectivity index (χ4v) is 9.85. The second-order valence-electron chi connectivity index (χ2n) is 23.1. The Balaban J connectivity index is 4.35. The zero-order chi connectivity index (χ0) is 58.5. The van der Waals surface area contributed by atoms with Gasteiger partial charge in [-0.2, -0.15) is 0 Å². The lowest BCUT2D eigenvalue weighted by molar-refractivity contribution is -0.167. The molecule has 0 spiro atoms. The first-order valence-corrected chi connectivity index (χ1v) is 34.7.